The van der Waals surface area contributed by atoms with Crippen LogP contribution in [0.4, 0.5) is 0 Å². The third-order valence-corrected chi connectivity index (χ3v) is 2.89. The van der Waals surface area contributed by atoms with Crippen molar-refractivity contribution in [3.8, 4) is 5.75 Å². The Labute approximate surface area is 127 Å². The van der Waals surface area contributed by atoms with Crippen LogP contribution in [0, 0.1) is 5.92 Å². The summed E-state index contributed by atoms with van der Waals surface area (Å²) in [5.74, 6) is 0.609. The zero-order chi connectivity index (χ0) is 15.5. The average Bonchev–Trinajstić information content (AvgIpc) is 2.47. The number of hydrogen-bond acceptors (Lipinski definition) is 4. The van der Waals surface area contributed by atoms with Gasteiger partial charge >= 0.3 is 5.97 Å². The number of unbranched alkanes of at least 4 members (excludes halogenated alkanes) is 3. The second-order valence-corrected chi connectivity index (χ2v) is 5.48. The average molecular weight is 294 g/mol. The van der Waals surface area contributed by atoms with Gasteiger partial charge in [0.2, 0.25) is 0 Å². The van der Waals surface area contributed by atoms with Gasteiger partial charge in [-0.15, -0.1) is 0 Å². The van der Waals surface area contributed by atoms with Gasteiger partial charge in [0.1, 0.15) is 5.75 Å². The van der Waals surface area contributed by atoms with Crippen LogP contribution >= 0.6 is 0 Å². The van der Waals surface area contributed by atoms with Crippen LogP contribution in [0.5, 0.6) is 5.75 Å². The minimum atomic E-state index is -0.481. The zero-order valence-electron chi connectivity index (χ0n) is 13.3. The molecule has 0 saturated heterocycles. The second-order valence-electron chi connectivity index (χ2n) is 5.48. The highest BCUT2D eigenvalue weighted by Gasteiger charge is 2.09. The molecule has 0 bridgehead atoms. The molecule has 0 aromatic heterocycles. The third kappa shape index (κ3) is 7.71. The van der Waals surface area contributed by atoms with E-state index in [0.717, 1.165) is 12.2 Å². The molecule has 0 amide bonds. The molecule has 0 saturated carbocycles. The van der Waals surface area contributed by atoms with E-state index in [1.807, 2.05) is 13.8 Å². The summed E-state index contributed by atoms with van der Waals surface area (Å²) in [6.45, 7) is 7.26. The Hall–Kier alpha value is -1.55. The van der Waals surface area contributed by atoms with Crippen LogP contribution in [-0.2, 0) is 9.78 Å². The molecular weight excluding hydrogens is 268 g/mol. The molecule has 4 heteroatoms. The highest BCUT2D eigenvalue weighted by Crippen LogP contribution is 2.14. The maximum atomic E-state index is 11.7. The first-order valence-corrected chi connectivity index (χ1v) is 7.70. The lowest BCUT2D eigenvalue weighted by molar-refractivity contribution is -0.246. The van der Waals surface area contributed by atoms with E-state index in [-0.39, 0.29) is 0 Å². The van der Waals surface area contributed by atoms with Crippen LogP contribution in [0.2, 0.25) is 0 Å². The Morgan fingerprint density at radius 3 is 2.43 bits per heavy atom. The maximum absolute atomic E-state index is 11.7. The Balaban J connectivity index is 2.30. The van der Waals surface area contributed by atoms with E-state index in [1.54, 1.807) is 24.3 Å². The summed E-state index contributed by atoms with van der Waals surface area (Å²) in [5.41, 5.74) is 0.456. The molecule has 1 aromatic carbocycles. The van der Waals surface area contributed by atoms with Gasteiger partial charge in [0, 0.05) is 0 Å². The molecule has 0 spiro atoms. The van der Waals surface area contributed by atoms with Crippen molar-refractivity contribution in [2.24, 2.45) is 5.92 Å². The normalized spacial score (nSPS) is 10.7. The Morgan fingerprint density at radius 1 is 1.10 bits per heavy atom. The Morgan fingerprint density at radius 2 is 1.81 bits per heavy atom. The smallest absolute Gasteiger partial charge is 0.373 e. The number of hydrogen-bond donors (Lipinski definition) is 0. The van der Waals surface area contributed by atoms with Crippen molar-refractivity contribution < 1.29 is 19.3 Å². The molecule has 0 aliphatic heterocycles. The highest BCUT2D eigenvalue weighted by molar-refractivity contribution is 5.89. The van der Waals surface area contributed by atoms with Gasteiger partial charge in [0.25, 0.3) is 0 Å². The lowest BCUT2D eigenvalue weighted by Gasteiger charge is -2.07. The first-order chi connectivity index (χ1) is 10.1. The van der Waals surface area contributed by atoms with Crippen molar-refractivity contribution in [2.45, 2.75) is 46.5 Å². The third-order valence-electron chi connectivity index (χ3n) is 2.89. The van der Waals surface area contributed by atoms with Crippen molar-refractivity contribution in [3.63, 3.8) is 0 Å². The van der Waals surface area contributed by atoms with Crippen molar-refractivity contribution in [1.29, 1.82) is 0 Å². The van der Waals surface area contributed by atoms with E-state index < -0.39 is 5.97 Å². The van der Waals surface area contributed by atoms with Gasteiger partial charge in [-0.3, -0.25) is 4.89 Å². The molecule has 4 nitrogen and oxygen atoms in total. The van der Waals surface area contributed by atoms with Crippen molar-refractivity contribution >= 4 is 5.97 Å². The van der Waals surface area contributed by atoms with Crippen LogP contribution < -0.4 is 4.74 Å². The lowest BCUT2D eigenvalue weighted by Crippen LogP contribution is -2.09. The van der Waals surface area contributed by atoms with E-state index >= 15 is 0 Å². The standard InChI is InChI=1S/C17H26O4/c1-4-5-6-7-12-19-16-10-8-15(9-11-16)17(18)21-20-13-14(2)3/h8-11,14H,4-7,12-13H2,1-3H3. The quantitative estimate of drug-likeness (QED) is 0.365. The molecule has 0 aliphatic carbocycles. The predicted molar refractivity (Wildman–Crippen MR) is 82.3 cm³/mol. The van der Waals surface area contributed by atoms with Crippen LogP contribution in [0.3, 0.4) is 0 Å². The fraction of sp³-hybridized carbons (Fsp3) is 0.588. The second kappa shape index (κ2) is 10.2. The summed E-state index contributed by atoms with van der Waals surface area (Å²) in [4.78, 5) is 21.3. The molecule has 0 aliphatic rings. The summed E-state index contributed by atoms with van der Waals surface area (Å²) < 4.78 is 5.62. The molecule has 1 rings (SSSR count). The SMILES string of the molecule is CCCCCCOc1ccc(C(=O)OOCC(C)C)cc1. The molecule has 1 aromatic rings. The van der Waals surface area contributed by atoms with Crippen molar-refractivity contribution in [3.05, 3.63) is 29.8 Å². The molecule has 0 radical (unpaired) electrons. The van der Waals surface area contributed by atoms with Gasteiger partial charge in [-0.2, -0.15) is 4.89 Å². The number of ether oxygens (including phenoxy) is 1. The number of rotatable bonds is 10. The van der Waals surface area contributed by atoms with E-state index in [0.29, 0.717) is 24.7 Å². The number of carbonyl (C=O) groups excluding carboxylic acids is 1. The summed E-state index contributed by atoms with van der Waals surface area (Å²) >= 11 is 0. The van der Waals surface area contributed by atoms with Gasteiger partial charge in [-0.25, -0.2) is 4.79 Å². The van der Waals surface area contributed by atoms with E-state index in [4.69, 9.17) is 14.5 Å². The highest BCUT2D eigenvalue weighted by atomic mass is 17.2. The summed E-state index contributed by atoms with van der Waals surface area (Å²) in [5, 5.41) is 0. The van der Waals surface area contributed by atoms with E-state index in [2.05, 4.69) is 6.92 Å². The molecule has 0 unspecified atom stereocenters. The van der Waals surface area contributed by atoms with Crippen LogP contribution in [-0.4, -0.2) is 19.2 Å². The van der Waals surface area contributed by atoms with Crippen molar-refractivity contribution in [1.82, 2.24) is 0 Å². The molecule has 21 heavy (non-hydrogen) atoms. The number of benzene rings is 1. The zero-order valence-corrected chi connectivity index (χ0v) is 13.3. The Kier molecular flexibility index (Phi) is 8.51. The summed E-state index contributed by atoms with van der Waals surface area (Å²) in [6, 6.07) is 6.92. The minimum absolute atomic E-state index is 0.321. The van der Waals surface area contributed by atoms with Gasteiger partial charge in [0.05, 0.1) is 18.8 Å². The first kappa shape index (κ1) is 17.5. The van der Waals surface area contributed by atoms with Gasteiger partial charge in [-0.05, 0) is 36.6 Å². The van der Waals surface area contributed by atoms with Crippen LogP contribution in [0.1, 0.15) is 56.8 Å². The van der Waals surface area contributed by atoms with Crippen molar-refractivity contribution in [2.75, 3.05) is 13.2 Å². The predicted octanol–water partition coefficient (Wildman–Crippen LogP) is 4.39. The molecule has 0 N–H and O–H groups in total. The molecule has 0 fully saturated rings. The first-order valence-electron chi connectivity index (χ1n) is 7.70. The maximum Gasteiger partial charge on any atom is 0.373 e. The monoisotopic (exact) mass is 294 g/mol. The number of carbonyl (C=O) groups is 1. The van der Waals surface area contributed by atoms with E-state index in [1.165, 1.54) is 19.3 Å². The molecule has 118 valence electrons. The van der Waals surface area contributed by atoms with Gasteiger partial charge in [0.15, 0.2) is 0 Å². The molecule has 0 heterocycles. The lowest BCUT2D eigenvalue weighted by atomic mass is 10.2. The molecular formula is C17H26O4. The molecule has 0 atom stereocenters. The van der Waals surface area contributed by atoms with Gasteiger partial charge < -0.3 is 4.74 Å². The largest absolute Gasteiger partial charge is 0.494 e. The summed E-state index contributed by atoms with van der Waals surface area (Å²) in [6.07, 6.45) is 4.70. The van der Waals surface area contributed by atoms with E-state index in [9.17, 15) is 4.79 Å². The van der Waals surface area contributed by atoms with Crippen LogP contribution in [0.15, 0.2) is 24.3 Å². The summed E-state index contributed by atoms with van der Waals surface area (Å²) in [7, 11) is 0. The van der Waals surface area contributed by atoms with Gasteiger partial charge in [-0.1, -0.05) is 40.0 Å². The fourth-order valence-corrected chi connectivity index (χ4v) is 1.68. The topological polar surface area (TPSA) is 44.8 Å². The fourth-order valence-electron chi connectivity index (χ4n) is 1.68. The Bertz CT molecular complexity index is 398. The van der Waals surface area contributed by atoms with Crippen LogP contribution in [0.25, 0.3) is 0 Å². The minimum Gasteiger partial charge on any atom is -0.494 e.